The summed E-state index contributed by atoms with van der Waals surface area (Å²) >= 11 is 0. The summed E-state index contributed by atoms with van der Waals surface area (Å²) in [6.45, 7) is 5.97. The molecule has 110 valence electrons. The van der Waals surface area contributed by atoms with Crippen molar-refractivity contribution in [3.8, 4) is 0 Å². The van der Waals surface area contributed by atoms with E-state index in [2.05, 4.69) is 53.7 Å². The highest BCUT2D eigenvalue weighted by Gasteiger charge is 2.17. The number of hydrogen-bond donors (Lipinski definition) is 0. The molecule has 0 radical (unpaired) electrons. The largest absolute Gasteiger partial charge is 0.364 e. The summed E-state index contributed by atoms with van der Waals surface area (Å²) in [5.74, 6) is 1.08. The smallest absolute Gasteiger partial charge is 0.124 e. The lowest BCUT2D eigenvalue weighted by Crippen LogP contribution is -2.24. The lowest BCUT2D eigenvalue weighted by molar-refractivity contribution is 0.233. The minimum atomic E-state index is 0.189. The summed E-state index contributed by atoms with van der Waals surface area (Å²) in [7, 11) is 2.08. The van der Waals surface area contributed by atoms with Gasteiger partial charge in [-0.3, -0.25) is 4.90 Å². The molecule has 0 amide bonds. The Labute approximate surface area is 124 Å². The second-order valence-corrected chi connectivity index (χ2v) is 5.28. The third-order valence-corrected chi connectivity index (χ3v) is 3.99. The Morgan fingerprint density at radius 1 is 1.29 bits per heavy atom. The van der Waals surface area contributed by atoms with Crippen molar-refractivity contribution in [2.45, 2.75) is 33.0 Å². The van der Waals surface area contributed by atoms with Crippen molar-refractivity contribution in [2.24, 2.45) is 0 Å². The number of aromatic nitrogens is 3. The second-order valence-electron chi connectivity index (χ2n) is 5.28. The zero-order valence-corrected chi connectivity index (χ0v) is 12.7. The highest BCUT2D eigenvalue weighted by molar-refractivity contribution is 5.75. The quantitative estimate of drug-likeness (QED) is 0.721. The standard InChI is InChI=1S/C16H20N4O/c1-4-20-15-8-6-5-7-14(15)17-16(20)11-19(3)12(2)13-9-10-21-18-13/h5-10,12H,4,11H2,1-3H3/t12-/m1/s1. The SMILES string of the molecule is CCn1c(CN(C)[C@H](C)c2ccon2)nc2ccccc21. The van der Waals surface area contributed by atoms with Gasteiger partial charge in [0.25, 0.3) is 0 Å². The molecule has 3 rings (SSSR count). The zero-order valence-electron chi connectivity index (χ0n) is 12.7. The van der Waals surface area contributed by atoms with Gasteiger partial charge in [0.15, 0.2) is 0 Å². The highest BCUT2D eigenvalue weighted by Crippen LogP contribution is 2.21. The van der Waals surface area contributed by atoms with Crippen LogP contribution < -0.4 is 0 Å². The lowest BCUT2D eigenvalue weighted by atomic mass is 10.2. The van der Waals surface area contributed by atoms with E-state index < -0.39 is 0 Å². The van der Waals surface area contributed by atoms with E-state index in [1.54, 1.807) is 6.26 Å². The first-order chi connectivity index (χ1) is 10.2. The van der Waals surface area contributed by atoms with Crippen molar-refractivity contribution in [2.75, 3.05) is 7.05 Å². The minimum absolute atomic E-state index is 0.189. The molecule has 0 saturated heterocycles. The molecule has 3 aromatic rings. The van der Waals surface area contributed by atoms with Gasteiger partial charge in [0, 0.05) is 12.6 Å². The van der Waals surface area contributed by atoms with Crippen LogP contribution in [0.2, 0.25) is 0 Å². The molecule has 0 saturated carbocycles. The number of imidazole rings is 1. The highest BCUT2D eigenvalue weighted by atomic mass is 16.5. The van der Waals surface area contributed by atoms with Gasteiger partial charge in [0.2, 0.25) is 0 Å². The molecule has 0 aliphatic rings. The van der Waals surface area contributed by atoms with Crippen LogP contribution >= 0.6 is 0 Å². The fourth-order valence-corrected chi connectivity index (χ4v) is 2.62. The Hall–Kier alpha value is -2.14. The van der Waals surface area contributed by atoms with Crippen molar-refractivity contribution in [1.82, 2.24) is 19.6 Å². The van der Waals surface area contributed by atoms with E-state index in [1.165, 1.54) is 5.52 Å². The summed E-state index contributed by atoms with van der Waals surface area (Å²) in [6.07, 6.45) is 1.61. The van der Waals surface area contributed by atoms with Gasteiger partial charge < -0.3 is 9.09 Å². The maximum absolute atomic E-state index is 4.93. The Morgan fingerprint density at radius 2 is 2.10 bits per heavy atom. The molecular weight excluding hydrogens is 264 g/mol. The van der Waals surface area contributed by atoms with Crippen LogP contribution in [0.5, 0.6) is 0 Å². The van der Waals surface area contributed by atoms with Crippen molar-refractivity contribution in [1.29, 1.82) is 0 Å². The molecule has 1 atom stereocenters. The molecule has 2 heterocycles. The number of hydrogen-bond acceptors (Lipinski definition) is 4. The normalized spacial score (nSPS) is 13.1. The molecular formula is C16H20N4O. The lowest BCUT2D eigenvalue weighted by Gasteiger charge is -2.22. The van der Waals surface area contributed by atoms with Crippen LogP contribution in [-0.2, 0) is 13.1 Å². The van der Waals surface area contributed by atoms with Crippen LogP contribution in [0.25, 0.3) is 11.0 Å². The topological polar surface area (TPSA) is 47.1 Å². The third kappa shape index (κ3) is 2.56. The summed E-state index contributed by atoms with van der Waals surface area (Å²) in [6, 6.07) is 10.4. The Balaban J connectivity index is 1.87. The van der Waals surface area contributed by atoms with E-state index in [-0.39, 0.29) is 6.04 Å². The van der Waals surface area contributed by atoms with Gasteiger partial charge in [-0.05, 0) is 33.0 Å². The Kier molecular flexibility index (Phi) is 3.75. The summed E-state index contributed by atoms with van der Waals surface area (Å²) in [4.78, 5) is 6.99. The summed E-state index contributed by atoms with van der Waals surface area (Å²) in [5, 5.41) is 4.02. The molecule has 1 aromatic carbocycles. The van der Waals surface area contributed by atoms with Crippen molar-refractivity contribution in [3.05, 3.63) is 48.1 Å². The van der Waals surface area contributed by atoms with Crippen LogP contribution in [0.4, 0.5) is 0 Å². The molecule has 5 nitrogen and oxygen atoms in total. The monoisotopic (exact) mass is 284 g/mol. The molecule has 0 aliphatic heterocycles. The fraction of sp³-hybridized carbons (Fsp3) is 0.375. The zero-order chi connectivity index (χ0) is 14.8. The molecule has 0 N–H and O–H groups in total. The van der Waals surface area contributed by atoms with Crippen molar-refractivity contribution < 1.29 is 4.52 Å². The summed E-state index contributed by atoms with van der Waals surface area (Å²) in [5.41, 5.74) is 3.19. The van der Waals surface area contributed by atoms with E-state index >= 15 is 0 Å². The number of nitrogens with zero attached hydrogens (tertiary/aromatic N) is 4. The number of benzene rings is 1. The molecule has 0 aliphatic carbocycles. The van der Waals surface area contributed by atoms with Crippen LogP contribution in [0.15, 0.2) is 41.1 Å². The van der Waals surface area contributed by atoms with E-state index in [1.807, 2.05) is 12.1 Å². The molecule has 0 unspecified atom stereocenters. The average Bonchev–Trinajstić information content (AvgIpc) is 3.13. The molecule has 0 fully saturated rings. The number of rotatable bonds is 5. The first kappa shape index (κ1) is 13.8. The van der Waals surface area contributed by atoms with Crippen LogP contribution in [-0.4, -0.2) is 26.7 Å². The minimum Gasteiger partial charge on any atom is -0.364 e. The van der Waals surface area contributed by atoms with Gasteiger partial charge in [0.1, 0.15) is 17.8 Å². The van der Waals surface area contributed by atoms with E-state index in [0.717, 1.165) is 30.1 Å². The molecule has 0 bridgehead atoms. The van der Waals surface area contributed by atoms with E-state index in [0.29, 0.717) is 0 Å². The molecule has 0 spiro atoms. The molecule has 2 aromatic heterocycles. The first-order valence-corrected chi connectivity index (χ1v) is 7.25. The maximum Gasteiger partial charge on any atom is 0.124 e. The molecule has 21 heavy (non-hydrogen) atoms. The van der Waals surface area contributed by atoms with Gasteiger partial charge in [-0.1, -0.05) is 17.3 Å². The van der Waals surface area contributed by atoms with E-state index in [4.69, 9.17) is 9.51 Å². The van der Waals surface area contributed by atoms with Gasteiger partial charge in [-0.15, -0.1) is 0 Å². The molecule has 5 heteroatoms. The number of para-hydroxylation sites is 2. The second kappa shape index (κ2) is 5.69. The van der Waals surface area contributed by atoms with Crippen LogP contribution in [0.3, 0.4) is 0 Å². The Morgan fingerprint density at radius 3 is 2.81 bits per heavy atom. The first-order valence-electron chi connectivity index (χ1n) is 7.25. The maximum atomic E-state index is 4.93. The van der Waals surface area contributed by atoms with Gasteiger partial charge in [-0.2, -0.15) is 0 Å². The van der Waals surface area contributed by atoms with E-state index in [9.17, 15) is 0 Å². The number of fused-ring (bicyclic) bond motifs is 1. The third-order valence-electron chi connectivity index (χ3n) is 3.99. The van der Waals surface area contributed by atoms with Crippen molar-refractivity contribution >= 4 is 11.0 Å². The predicted octanol–water partition coefficient (Wildman–Crippen LogP) is 3.24. The van der Waals surface area contributed by atoms with Crippen molar-refractivity contribution in [3.63, 3.8) is 0 Å². The van der Waals surface area contributed by atoms with Gasteiger partial charge in [-0.25, -0.2) is 4.98 Å². The number of aryl methyl sites for hydroxylation is 1. The van der Waals surface area contributed by atoms with Crippen LogP contribution in [0, 0.1) is 0 Å². The van der Waals surface area contributed by atoms with Gasteiger partial charge >= 0.3 is 0 Å². The van der Waals surface area contributed by atoms with Gasteiger partial charge in [0.05, 0.1) is 23.6 Å². The summed E-state index contributed by atoms with van der Waals surface area (Å²) < 4.78 is 7.20. The average molecular weight is 284 g/mol. The Bertz CT molecular complexity index is 717. The predicted molar refractivity (Wildman–Crippen MR) is 81.8 cm³/mol. The fourth-order valence-electron chi connectivity index (χ4n) is 2.62. The van der Waals surface area contributed by atoms with Crippen LogP contribution in [0.1, 0.15) is 31.4 Å².